The topological polar surface area (TPSA) is 49.9 Å². The minimum Gasteiger partial charge on any atom is -0.483 e. The summed E-state index contributed by atoms with van der Waals surface area (Å²) in [6.07, 6.45) is 0.341. The molecule has 5 nitrogen and oxygen atoms in total. The van der Waals surface area contributed by atoms with Crippen LogP contribution < -0.4 is 9.64 Å². The molecule has 0 saturated heterocycles. The van der Waals surface area contributed by atoms with Crippen LogP contribution in [-0.4, -0.2) is 44.3 Å². The van der Waals surface area contributed by atoms with Crippen LogP contribution in [0.4, 0.5) is 5.69 Å². The van der Waals surface area contributed by atoms with Crippen molar-refractivity contribution in [2.24, 2.45) is 0 Å². The highest BCUT2D eigenvalue weighted by molar-refractivity contribution is 6.31. The number of ketones is 1. The largest absolute Gasteiger partial charge is 0.483 e. The second-order valence-corrected chi connectivity index (χ2v) is 6.95. The van der Waals surface area contributed by atoms with Gasteiger partial charge in [0, 0.05) is 44.8 Å². The number of nitrogens with zero attached hydrogens (tertiary/aromatic N) is 2. The van der Waals surface area contributed by atoms with Crippen LogP contribution in [-0.2, 0) is 11.3 Å². The van der Waals surface area contributed by atoms with Crippen molar-refractivity contribution in [3.8, 4) is 5.75 Å². The van der Waals surface area contributed by atoms with E-state index in [0.29, 0.717) is 29.3 Å². The van der Waals surface area contributed by atoms with Gasteiger partial charge in [-0.1, -0.05) is 30.7 Å². The number of rotatable bonds is 8. The second kappa shape index (κ2) is 9.42. The van der Waals surface area contributed by atoms with E-state index < -0.39 is 0 Å². The predicted octanol–water partition coefficient (Wildman–Crippen LogP) is 4.04. The molecule has 2 aromatic carbocycles. The number of carbonyl (C=O) groups is 2. The molecule has 6 heteroatoms. The maximum absolute atomic E-state index is 12.4. The van der Waals surface area contributed by atoms with Crippen molar-refractivity contribution in [2.75, 3.05) is 32.6 Å². The fourth-order valence-corrected chi connectivity index (χ4v) is 2.72. The molecule has 0 unspecified atom stereocenters. The molecular formula is C21H25ClN2O3. The van der Waals surface area contributed by atoms with Gasteiger partial charge in [0.15, 0.2) is 12.4 Å². The number of hydrogen-bond acceptors (Lipinski definition) is 4. The van der Waals surface area contributed by atoms with Gasteiger partial charge in [0.05, 0.1) is 5.56 Å². The van der Waals surface area contributed by atoms with Gasteiger partial charge in [0.25, 0.3) is 5.91 Å². The van der Waals surface area contributed by atoms with Gasteiger partial charge < -0.3 is 14.5 Å². The van der Waals surface area contributed by atoms with Crippen molar-refractivity contribution in [2.45, 2.75) is 19.9 Å². The van der Waals surface area contributed by atoms with Crippen molar-refractivity contribution in [1.29, 1.82) is 0 Å². The van der Waals surface area contributed by atoms with Crippen LogP contribution in [0.25, 0.3) is 0 Å². The highest BCUT2D eigenvalue weighted by atomic mass is 35.5. The number of carbonyl (C=O) groups excluding carboxylic acids is 2. The smallest absolute Gasteiger partial charge is 0.260 e. The van der Waals surface area contributed by atoms with Gasteiger partial charge in [-0.3, -0.25) is 9.59 Å². The Bertz CT molecular complexity index is 804. The Balaban J connectivity index is 1.98. The molecule has 0 spiro atoms. The molecule has 2 rings (SSSR count). The zero-order valence-electron chi connectivity index (χ0n) is 16.2. The number of Topliss-reactive ketones (excluding diaryl/α,β-unsaturated/α-hetero) is 1. The monoisotopic (exact) mass is 388 g/mol. The summed E-state index contributed by atoms with van der Waals surface area (Å²) in [7, 11) is 5.69. The average Bonchev–Trinajstić information content (AvgIpc) is 2.66. The first-order chi connectivity index (χ1) is 12.8. The lowest BCUT2D eigenvalue weighted by Crippen LogP contribution is -2.31. The Morgan fingerprint density at radius 3 is 2.30 bits per heavy atom. The normalized spacial score (nSPS) is 10.4. The lowest BCUT2D eigenvalue weighted by atomic mass is 10.1. The third-order valence-corrected chi connectivity index (χ3v) is 4.45. The molecule has 0 aromatic heterocycles. The molecule has 0 atom stereocenters. The van der Waals surface area contributed by atoms with Crippen molar-refractivity contribution in [3.63, 3.8) is 0 Å². The van der Waals surface area contributed by atoms with E-state index in [2.05, 4.69) is 0 Å². The second-order valence-electron chi connectivity index (χ2n) is 6.52. The Kier molecular flexibility index (Phi) is 7.25. The molecule has 1 amide bonds. The zero-order chi connectivity index (χ0) is 20.0. The maximum atomic E-state index is 12.4. The summed E-state index contributed by atoms with van der Waals surface area (Å²) in [6, 6.07) is 12.9. The van der Waals surface area contributed by atoms with Gasteiger partial charge in [-0.25, -0.2) is 0 Å². The molecule has 0 bridgehead atoms. The molecule has 0 heterocycles. The van der Waals surface area contributed by atoms with E-state index in [-0.39, 0.29) is 18.3 Å². The van der Waals surface area contributed by atoms with Crippen molar-refractivity contribution >= 4 is 29.0 Å². The van der Waals surface area contributed by atoms with E-state index in [1.165, 1.54) is 0 Å². The van der Waals surface area contributed by atoms with E-state index >= 15 is 0 Å². The predicted molar refractivity (Wildman–Crippen MR) is 109 cm³/mol. The third kappa shape index (κ3) is 5.73. The quantitative estimate of drug-likeness (QED) is 0.640. The fraction of sp³-hybridized carbons (Fsp3) is 0.333. The molecule has 144 valence electrons. The van der Waals surface area contributed by atoms with E-state index in [1.54, 1.807) is 37.1 Å². The first-order valence-electron chi connectivity index (χ1n) is 8.77. The van der Waals surface area contributed by atoms with Crippen LogP contribution in [0.2, 0.25) is 5.02 Å². The summed E-state index contributed by atoms with van der Waals surface area (Å²) in [4.78, 5) is 28.1. The standard InChI is InChI=1S/C21H25ClN2O3/c1-5-19(25)18-12-16(22)8-11-20(18)27-14-21(26)24(4)13-15-6-9-17(10-7-15)23(2)3/h6-12H,5,13-14H2,1-4H3. The van der Waals surface area contributed by atoms with Crippen LogP contribution in [0.3, 0.4) is 0 Å². The van der Waals surface area contributed by atoms with Gasteiger partial charge in [0.1, 0.15) is 5.75 Å². The summed E-state index contributed by atoms with van der Waals surface area (Å²) in [5, 5.41) is 0.462. The lowest BCUT2D eigenvalue weighted by molar-refractivity contribution is -0.132. The van der Waals surface area contributed by atoms with E-state index in [1.807, 2.05) is 43.3 Å². The molecule has 0 aliphatic heterocycles. The average molecular weight is 389 g/mol. The van der Waals surface area contributed by atoms with Gasteiger partial charge >= 0.3 is 0 Å². The highest BCUT2D eigenvalue weighted by Gasteiger charge is 2.15. The van der Waals surface area contributed by atoms with Crippen molar-refractivity contribution in [1.82, 2.24) is 4.90 Å². The molecule has 2 aromatic rings. The zero-order valence-corrected chi connectivity index (χ0v) is 16.9. The Hall–Kier alpha value is -2.53. The molecule has 27 heavy (non-hydrogen) atoms. The summed E-state index contributed by atoms with van der Waals surface area (Å²) in [5.74, 6) is 0.133. The molecule has 0 aliphatic carbocycles. The molecule has 0 radical (unpaired) electrons. The van der Waals surface area contributed by atoms with Crippen molar-refractivity contribution in [3.05, 3.63) is 58.6 Å². The van der Waals surface area contributed by atoms with E-state index in [4.69, 9.17) is 16.3 Å². The molecule has 0 aliphatic rings. The maximum Gasteiger partial charge on any atom is 0.260 e. The van der Waals surface area contributed by atoms with Crippen LogP contribution in [0.15, 0.2) is 42.5 Å². The Morgan fingerprint density at radius 1 is 1.04 bits per heavy atom. The van der Waals surface area contributed by atoms with Gasteiger partial charge in [-0.05, 0) is 35.9 Å². The number of anilines is 1. The van der Waals surface area contributed by atoms with Crippen LogP contribution in [0.1, 0.15) is 29.3 Å². The molecular weight excluding hydrogens is 364 g/mol. The summed E-state index contributed by atoms with van der Waals surface area (Å²) >= 11 is 5.97. The fourth-order valence-electron chi connectivity index (χ4n) is 2.55. The third-order valence-electron chi connectivity index (χ3n) is 4.21. The van der Waals surface area contributed by atoms with E-state index in [0.717, 1.165) is 11.3 Å². The minimum absolute atomic E-state index is 0.0747. The number of ether oxygens (including phenoxy) is 1. The minimum atomic E-state index is -0.170. The Labute approximate surface area is 165 Å². The highest BCUT2D eigenvalue weighted by Crippen LogP contribution is 2.24. The van der Waals surface area contributed by atoms with Crippen LogP contribution in [0.5, 0.6) is 5.75 Å². The van der Waals surface area contributed by atoms with Crippen LogP contribution >= 0.6 is 11.6 Å². The molecule has 0 fully saturated rings. The van der Waals surface area contributed by atoms with E-state index in [9.17, 15) is 9.59 Å². The summed E-state index contributed by atoms with van der Waals surface area (Å²) in [5.41, 5.74) is 2.54. The van der Waals surface area contributed by atoms with Gasteiger partial charge in [-0.15, -0.1) is 0 Å². The number of amides is 1. The van der Waals surface area contributed by atoms with Crippen LogP contribution in [0, 0.1) is 0 Å². The number of halogens is 1. The Morgan fingerprint density at radius 2 is 1.70 bits per heavy atom. The number of benzene rings is 2. The molecule has 0 saturated carbocycles. The van der Waals surface area contributed by atoms with Crippen molar-refractivity contribution < 1.29 is 14.3 Å². The summed E-state index contributed by atoms with van der Waals surface area (Å²) < 4.78 is 5.61. The van der Waals surface area contributed by atoms with Gasteiger partial charge in [0.2, 0.25) is 0 Å². The lowest BCUT2D eigenvalue weighted by Gasteiger charge is -2.19. The SMILES string of the molecule is CCC(=O)c1cc(Cl)ccc1OCC(=O)N(C)Cc1ccc(N(C)C)cc1. The first kappa shape index (κ1) is 20.8. The van der Waals surface area contributed by atoms with Gasteiger partial charge in [-0.2, -0.15) is 0 Å². The molecule has 0 N–H and O–H groups in total. The number of likely N-dealkylation sites (N-methyl/N-ethyl adjacent to an activating group) is 1. The number of hydrogen-bond donors (Lipinski definition) is 0. The summed E-state index contributed by atoms with van der Waals surface area (Å²) in [6.45, 7) is 2.11. The first-order valence-corrected chi connectivity index (χ1v) is 9.15.